The van der Waals surface area contributed by atoms with Crippen LogP contribution >= 0.6 is 0 Å². The molecular weight excluding hydrogens is 244 g/mol. The molecule has 0 aliphatic carbocycles. The minimum absolute atomic E-state index is 0.0568. The molecule has 1 aromatic heterocycles. The van der Waals surface area contributed by atoms with E-state index in [9.17, 15) is 9.59 Å². The van der Waals surface area contributed by atoms with Crippen molar-refractivity contribution in [3.05, 3.63) is 30.1 Å². The van der Waals surface area contributed by atoms with Crippen molar-refractivity contribution in [1.82, 2.24) is 14.7 Å². The molecule has 2 rings (SSSR count). The summed E-state index contributed by atoms with van der Waals surface area (Å²) in [5, 5.41) is 4.33. The number of piperidine rings is 1. The van der Waals surface area contributed by atoms with Gasteiger partial charge in [0.1, 0.15) is 0 Å². The van der Waals surface area contributed by atoms with Crippen molar-refractivity contribution in [3.8, 4) is 0 Å². The van der Waals surface area contributed by atoms with Gasteiger partial charge >= 0.3 is 0 Å². The van der Waals surface area contributed by atoms with Crippen LogP contribution in [0.4, 0.5) is 0 Å². The first-order valence-corrected chi connectivity index (χ1v) is 6.27. The van der Waals surface area contributed by atoms with Crippen molar-refractivity contribution < 1.29 is 9.59 Å². The number of primary amides is 1. The molecule has 2 amide bonds. The number of aryl methyl sites for hydroxylation is 1. The Bertz CT molecular complexity index is 521. The minimum Gasteiger partial charge on any atom is -0.365 e. The van der Waals surface area contributed by atoms with Crippen molar-refractivity contribution in [2.75, 3.05) is 13.1 Å². The summed E-state index contributed by atoms with van der Waals surface area (Å²) in [7, 11) is 1.76. The van der Waals surface area contributed by atoms with Crippen LogP contribution in [0.1, 0.15) is 34.8 Å². The number of likely N-dealkylation sites (tertiary alicyclic amines) is 1. The number of aromatic nitrogens is 2. The highest BCUT2D eigenvalue weighted by atomic mass is 16.2. The van der Waals surface area contributed by atoms with Crippen molar-refractivity contribution in [2.45, 2.75) is 18.8 Å². The largest absolute Gasteiger partial charge is 0.365 e. The average molecular weight is 262 g/mol. The molecular formula is C13H18N4O2. The predicted molar refractivity (Wildman–Crippen MR) is 70.5 cm³/mol. The van der Waals surface area contributed by atoms with Crippen LogP contribution in [-0.4, -0.2) is 39.6 Å². The van der Waals surface area contributed by atoms with E-state index in [0.29, 0.717) is 17.8 Å². The normalized spacial score (nSPS) is 19.2. The number of rotatable bonds is 3. The van der Waals surface area contributed by atoms with Crippen LogP contribution < -0.4 is 5.73 Å². The Kier molecular flexibility index (Phi) is 3.69. The number of carbonyl (C=O) groups excluding carboxylic acids is 2. The third kappa shape index (κ3) is 2.67. The zero-order valence-electron chi connectivity index (χ0n) is 11.0. The van der Waals surface area contributed by atoms with Gasteiger partial charge in [0.05, 0.1) is 11.3 Å². The van der Waals surface area contributed by atoms with E-state index in [0.717, 1.165) is 19.4 Å². The van der Waals surface area contributed by atoms with Gasteiger partial charge in [0.2, 0.25) is 5.91 Å². The third-order valence-corrected chi connectivity index (χ3v) is 3.42. The first-order valence-electron chi connectivity index (χ1n) is 6.27. The van der Waals surface area contributed by atoms with Gasteiger partial charge < -0.3 is 10.6 Å². The topological polar surface area (TPSA) is 81.2 Å². The van der Waals surface area contributed by atoms with E-state index in [1.807, 2.05) is 0 Å². The van der Waals surface area contributed by atoms with E-state index in [-0.39, 0.29) is 11.8 Å². The molecule has 6 nitrogen and oxygen atoms in total. The van der Waals surface area contributed by atoms with Gasteiger partial charge in [-0.3, -0.25) is 14.3 Å². The number of carbonyl (C=O) groups is 2. The van der Waals surface area contributed by atoms with Crippen molar-refractivity contribution in [1.29, 1.82) is 0 Å². The van der Waals surface area contributed by atoms with Crippen LogP contribution in [0.5, 0.6) is 0 Å². The number of hydrogen-bond donors (Lipinski definition) is 1. The Balaban J connectivity index is 2.24. The second kappa shape index (κ2) is 5.26. The molecule has 1 atom stereocenters. The fourth-order valence-electron chi connectivity index (χ4n) is 2.53. The van der Waals surface area contributed by atoms with Gasteiger partial charge in [0, 0.05) is 32.3 Å². The summed E-state index contributed by atoms with van der Waals surface area (Å²) in [5.41, 5.74) is 6.50. The van der Waals surface area contributed by atoms with E-state index in [4.69, 9.17) is 5.73 Å². The van der Waals surface area contributed by atoms with E-state index in [1.165, 1.54) is 6.08 Å². The lowest BCUT2D eigenvalue weighted by Crippen LogP contribution is -2.38. The molecule has 2 heterocycles. The molecule has 6 heteroatoms. The van der Waals surface area contributed by atoms with Crippen LogP contribution in [0.15, 0.2) is 18.9 Å². The van der Waals surface area contributed by atoms with Gasteiger partial charge in [-0.2, -0.15) is 5.10 Å². The van der Waals surface area contributed by atoms with Gasteiger partial charge in [0.15, 0.2) is 0 Å². The standard InChI is InChI=1S/C13H18N4O2/c1-3-11(18)17-6-4-5-9(7-17)12-10(13(14)19)8-16(2)15-12/h3,8-9H,1,4-7H2,2H3,(H2,14,19). The summed E-state index contributed by atoms with van der Waals surface area (Å²) in [4.78, 5) is 24.8. The molecule has 1 unspecified atom stereocenters. The zero-order valence-corrected chi connectivity index (χ0v) is 11.0. The highest BCUT2D eigenvalue weighted by Crippen LogP contribution is 2.28. The molecule has 0 aromatic carbocycles. The monoisotopic (exact) mass is 262 g/mol. The maximum absolute atomic E-state index is 11.7. The van der Waals surface area contributed by atoms with E-state index in [2.05, 4.69) is 11.7 Å². The van der Waals surface area contributed by atoms with Gasteiger partial charge in [-0.1, -0.05) is 6.58 Å². The summed E-state index contributed by atoms with van der Waals surface area (Å²) in [5.74, 6) is -0.502. The van der Waals surface area contributed by atoms with E-state index in [1.54, 1.807) is 22.8 Å². The quantitative estimate of drug-likeness (QED) is 0.801. The molecule has 1 aliphatic heterocycles. The van der Waals surface area contributed by atoms with Crippen molar-refractivity contribution in [2.24, 2.45) is 12.8 Å². The van der Waals surface area contributed by atoms with E-state index >= 15 is 0 Å². The molecule has 0 spiro atoms. The molecule has 19 heavy (non-hydrogen) atoms. The molecule has 0 saturated carbocycles. The molecule has 2 N–H and O–H groups in total. The first kappa shape index (κ1) is 13.3. The maximum Gasteiger partial charge on any atom is 0.252 e. The van der Waals surface area contributed by atoms with Crippen LogP contribution in [0.25, 0.3) is 0 Å². The lowest BCUT2D eigenvalue weighted by atomic mass is 9.92. The van der Waals surface area contributed by atoms with E-state index < -0.39 is 5.91 Å². The van der Waals surface area contributed by atoms with Gasteiger partial charge in [-0.05, 0) is 18.9 Å². The predicted octanol–water partition coefficient (Wildman–Crippen LogP) is 0.411. The number of nitrogens with two attached hydrogens (primary N) is 1. The molecule has 1 saturated heterocycles. The molecule has 102 valence electrons. The number of nitrogens with zero attached hydrogens (tertiary/aromatic N) is 3. The molecule has 1 aliphatic rings. The molecule has 0 bridgehead atoms. The number of hydrogen-bond acceptors (Lipinski definition) is 3. The summed E-state index contributed by atoms with van der Waals surface area (Å²) in [6.45, 7) is 4.78. The fourth-order valence-corrected chi connectivity index (χ4v) is 2.53. The SMILES string of the molecule is C=CC(=O)N1CCCC(c2nn(C)cc2C(N)=O)C1. The maximum atomic E-state index is 11.7. The zero-order chi connectivity index (χ0) is 14.0. The second-order valence-corrected chi connectivity index (χ2v) is 4.79. The van der Waals surface area contributed by atoms with Crippen molar-refractivity contribution >= 4 is 11.8 Å². The van der Waals surface area contributed by atoms with Crippen molar-refractivity contribution in [3.63, 3.8) is 0 Å². The Morgan fingerprint density at radius 1 is 1.58 bits per heavy atom. The molecule has 1 aromatic rings. The summed E-state index contributed by atoms with van der Waals surface area (Å²) in [6.07, 6.45) is 4.74. The van der Waals surface area contributed by atoms with Gasteiger partial charge in [-0.25, -0.2) is 0 Å². The average Bonchev–Trinajstić information content (AvgIpc) is 2.80. The minimum atomic E-state index is -0.477. The highest BCUT2D eigenvalue weighted by Gasteiger charge is 2.28. The Hall–Kier alpha value is -2.11. The van der Waals surface area contributed by atoms with Crippen LogP contribution in [0.2, 0.25) is 0 Å². The summed E-state index contributed by atoms with van der Waals surface area (Å²) in [6, 6.07) is 0. The van der Waals surface area contributed by atoms with Gasteiger partial charge in [-0.15, -0.1) is 0 Å². The Morgan fingerprint density at radius 3 is 2.95 bits per heavy atom. The van der Waals surface area contributed by atoms with Gasteiger partial charge in [0.25, 0.3) is 5.91 Å². The smallest absolute Gasteiger partial charge is 0.252 e. The second-order valence-electron chi connectivity index (χ2n) is 4.79. The summed E-state index contributed by atoms with van der Waals surface area (Å²) >= 11 is 0. The first-order chi connectivity index (χ1) is 9.02. The Labute approximate surface area is 111 Å². The molecule has 1 fully saturated rings. The lowest BCUT2D eigenvalue weighted by molar-refractivity contribution is -0.127. The Morgan fingerprint density at radius 2 is 2.32 bits per heavy atom. The van der Waals surface area contributed by atoms with Crippen LogP contribution in [0.3, 0.4) is 0 Å². The molecule has 0 radical (unpaired) electrons. The lowest BCUT2D eigenvalue weighted by Gasteiger charge is -2.31. The highest BCUT2D eigenvalue weighted by molar-refractivity contribution is 5.94. The van der Waals surface area contributed by atoms with Crippen LogP contribution in [0, 0.1) is 0 Å². The van der Waals surface area contributed by atoms with Crippen LogP contribution in [-0.2, 0) is 11.8 Å². The number of amides is 2. The summed E-state index contributed by atoms with van der Waals surface area (Å²) < 4.78 is 1.59. The third-order valence-electron chi connectivity index (χ3n) is 3.42. The fraction of sp³-hybridized carbons (Fsp3) is 0.462.